The Bertz CT molecular complexity index is 469. The predicted octanol–water partition coefficient (Wildman–Crippen LogP) is 2.33. The van der Waals surface area contributed by atoms with E-state index in [0.29, 0.717) is 12.3 Å². The Kier molecular flexibility index (Phi) is 5.39. The van der Waals surface area contributed by atoms with Crippen molar-refractivity contribution >= 4 is 5.91 Å². The SMILES string of the molecule is CCCn1cncc1C1C(N)CCCC(=O)N1CC(C)C. The van der Waals surface area contributed by atoms with Gasteiger partial charge in [0.1, 0.15) is 0 Å². The van der Waals surface area contributed by atoms with Crippen LogP contribution in [0, 0.1) is 5.92 Å². The minimum atomic E-state index is -0.0450. The fraction of sp³-hybridized carbons (Fsp3) is 0.750. The summed E-state index contributed by atoms with van der Waals surface area (Å²) in [5.74, 6) is 0.662. The molecule has 1 aromatic heterocycles. The van der Waals surface area contributed by atoms with Gasteiger partial charge < -0.3 is 15.2 Å². The lowest BCUT2D eigenvalue weighted by molar-refractivity contribution is -0.134. The molecule has 2 atom stereocenters. The maximum absolute atomic E-state index is 12.5. The summed E-state index contributed by atoms with van der Waals surface area (Å²) in [7, 11) is 0. The van der Waals surface area contributed by atoms with Gasteiger partial charge in [-0.3, -0.25) is 4.79 Å². The van der Waals surface area contributed by atoms with Crippen LogP contribution in [0.1, 0.15) is 58.2 Å². The first kappa shape index (κ1) is 16.0. The highest BCUT2D eigenvalue weighted by atomic mass is 16.2. The van der Waals surface area contributed by atoms with Crippen molar-refractivity contribution in [3.63, 3.8) is 0 Å². The molecule has 2 unspecified atom stereocenters. The van der Waals surface area contributed by atoms with Crippen molar-refractivity contribution in [1.29, 1.82) is 0 Å². The molecule has 1 amide bonds. The van der Waals surface area contributed by atoms with E-state index in [-0.39, 0.29) is 18.0 Å². The van der Waals surface area contributed by atoms with Crippen molar-refractivity contribution in [2.45, 2.75) is 65.1 Å². The van der Waals surface area contributed by atoms with Crippen LogP contribution in [-0.2, 0) is 11.3 Å². The first-order valence-corrected chi connectivity index (χ1v) is 8.09. The van der Waals surface area contributed by atoms with Crippen molar-refractivity contribution in [1.82, 2.24) is 14.5 Å². The Hall–Kier alpha value is -1.36. The van der Waals surface area contributed by atoms with Gasteiger partial charge in [-0.05, 0) is 25.2 Å². The normalized spacial score (nSPS) is 23.7. The van der Waals surface area contributed by atoms with E-state index >= 15 is 0 Å². The Balaban J connectivity index is 2.36. The number of carbonyl (C=O) groups excluding carboxylic acids is 1. The molecule has 0 radical (unpaired) electrons. The molecular formula is C16H28N4O. The van der Waals surface area contributed by atoms with Gasteiger partial charge in [0.15, 0.2) is 0 Å². The van der Waals surface area contributed by atoms with Crippen LogP contribution in [0.25, 0.3) is 0 Å². The van der Waals surface area contributed by atoms with E-state index in [1.807, 2.05) is 17.4 Å². The third-order valence-electron chi connectivity index (χ3n) is 4.06. The van der Waals surface area contributed by atoms with Crippen LogP contribution in [0.15, 0.2) is 12.5 Å². The van der Waals surface area contributed by atoms with Crippen molar-refractivity contribution in [3.8, 4) is 0 Å². The lowest BCUT2D eigenvalue weighted by Crippen LogP contribution is -2.44. The molecule has 2 rings (SSSR count). The van der Waals surface area contributed by atoms with Crippen molar-refractivity contribution < 1.29 is 4.79 Å². The number of rotatable bonds is 5. The molecule has 1 aromatic rings. The predicted molar refractivity (Wildman–Crippen MR) is 83.6 cm³/mol. The zero-order valence-corrected chi connectivity index (χ0v) is 13.5. The summed E-state index contributed by atoms with van der Waals surface area (Å²) < 4.78 is 2.15. The average Bonchev–Trinajstić information content (AvgIpc) is 2.81. The van der Waals surface area contributed by atoms with Gasteiger partial charge in [-0.2, -0.15) is 0 Å². The Morgan fingerprint density at radius 3 is 2.90 bits per heavy atom. The second-order valence-electron chi connectivity index (χ2n) is 6.45. The van der Waals surface area contributed by atoms with Crippen LogP contribution in [0.5, 0.6) is 0 Å². The molecule has 21 heavy (non-hydrogen) atoms. The minimum Gasteiger partial charge on any atom is -0.333 e. The van der Waals surface area contributed by atoms with E-state index in [1.54, 1.807) is 0 Å². The number of imidazole rings is 1. The molecular weight excluding hydrogens is 264 g/mol. The van der Waals surface area contributed by atoms with Crippen LogP contribution < -0.4 is 5.73 Å². The lowest BCUT2D eigenvalue weighted by atomic mass is 10.00. The van der Waals surface area contributed by atoms with E-state index in [2.05, 4.69) is 30.3 Å². The molecule has 2 heterocycles. The molecule has 5 nitrogen and oxygen atoms in total. The number of amides is 1. The molecule has 2 N–H and O–H groups in total. The lowest BCUT2D eigenvalue weighted by Gasteiger charge is -2.35. The summed E-state index contributed by atoms with van der Waals surface area (Å²) in [6, 6.07) is -0.0565. The number of carbonyl (C=O) groups is 1. The van der Waals surface area contributed by atoms with Crippen LogP contribution in [0.2, 0.25) is 0 Å². The largest absolute Gasteiger partial charge is 0.333 e. The maximum Gasteiger partial charge on any atom is 0.223 e. The fourth-order valence-electron chi connectivity index (χ4n) is 3.17. The molecule has 0 aliphatic carbocycles. The van der Waals surface area contributed by atoms with Crippen LogP contribution >= 0.6 is 0 Å². The Labute approximate surface area is 127 Å². The fourth-order valence-corrected chi connectivity index (χ4v) is 3.17. The molecule has 1 aliphatic rings. The highest BCUT2D eigenvalue weighted by Crippen LogP contribution is 2.30. The minimum absolute atomic E-state index is 0.0116. The van der Waals surface area contributed by atoms with Gasteiger partial charge in [0.05, 0.1) is 24.3 Å². The van der Waals surface area contributed by atoms with Crippen LogP contribution in [0.4, 0.5) is 0 Å². The highest BCUT2D eigenvalue weighted by molar-refractivity contribution is 5.77. The second-order valence-corrected chi connectivity index (χ2v) is 6.45. The molecule has 1 saturated heterocycles. The summed E-state index contributed by atoms with van der Waals surface area (Å²) in [5, 5.41) is 0. The third-order valence-corrected chi connectivity index (χ3v) is 4.06. The van der Waals surface area contributed by atoms with Gasteiger partial charge in [0.2, 0.25) is 5.91 Å². The summed E-state index contributed by atoms with van der Waals surface area (Å²) in [6.45, 7) is 8.11. The summed E-state index contributed by atoms with van der Waals surface area (Å²) in [6.07, 6.45) is 7.16. The van der Waals surface area contributed by atoms with Gasteiger partial charge in [0.25, 0.3) is 0 Å². The molecule has 1 fully saturated rings. The zero-order chi connectivity index (χ0) is 15.4. The van der Waals surface area contributed by atoms with Crippen molar-refractivity contribution in [2.24, 2.45) is 11.7 Å². The average molecular weight is 292 g/mol. The Morgan fingerprint density at radius 1 is 1.48 bits per heavy atom. The molecule has 5 heteroatoms. The zero-order valence-electron chi connectivity index (χ0n) is 13.5. The smallest absolute Gasteiger partial charge is 0.223 e. The first-order valence-electron chi connectivity index (χ1n) is 8.09. The van der Waals surface area contributed by atoms with Crippen molar-refractivity contribution in [3.05, 3.63) is 18.2 Å². The van der Waals surface area contributed by atoms with E-state index in [4.69, 9.17) is 5.73 Å². The second kappa shape index (κ2) is 7.07. The third kappa shape index (κ3) is 3.64. The van der Waals surface area contributed by atoms with E-state index in [1.165, 1.54) is 0 Å². The van der Waals surface area contributed by atoms with E-state index in [0.717, 1.165) is 38.0 Å². The van der Waals surface area contributed by atoms with Gasteiger partial charge >= 0.3 is 0 Å². The van der Waals surface area contributed by atoms with Crippen molar-refractivity contribution in [2.75, 3.05) is 6.54 Å². The Morgan fingerprint density at radius 2 is 2.24 bits per heavy atom. The first-order chi connectivity index (χ1) is 10.0. The number of hydrogen-bond acceptors (Lipinski definition) is 3. The molecule has 0 bridgehead atoms. The van der Waals surface area contributed by atoms with Gasteiger partial charge in [0, 0.05) is 25.6 Å². The van der Waals surface area contributed by atoms with Crippen LogP contribution in [0.3, 0.4) is 0 Å². The van der Waals surface area contributed by atoms with Gasteiger partial charge in [-0.1, -0.05) is 20.8 Å². The number of aryl methyl sites for hydroxylation is 1. The molecule has 118 valence electrons. The van der Waals surface area contributed by atoms with Gasteiger partial charge in [-0.25, -0.2) is 4.98 Å². The number of nitrogens with zero attached hydrogens (tertiary/aromatic N) is 3. The number of hydrogen-bond donors (Lipinski definition) is 1. The number of nitrogens with two attached hydrogens (primary N) is 1. The number of aromatic nitrogens is 2. The topological polar surface area (TPSA) is 64.2 Å². The van der Waals surface area contributed by atoms with Gasteiger partial charge in [-0.15, -0.1) is 0 Å². The quantitative estimate of drug-likeness (QED) is 0.906. The van der Waals surface area contributed by atoms with E-state index in [9.17, 15) is 4.79 Å². The summed E-state index contributed by atoms with van der Waals surface area (Å²) >= 11 is 0. The summed E-state index contributed by atoms with van der Waals surface area (Å²) in [5.41, 5.74) is 7.51. The molecule has 1 aliphatic heterocycles. The summed E-state index contributed by atoms with van der Waals surface area (Å²) in [4.78, 5) is 18.8. The van der Waals surface area contributed by atoms with Crippen LogP contribution in [-0.4, -0.2) is 32.9 Å². The monoisotopic (exact) mass is 292 g/mol. The number of likely N-dealkylation sites (tertiary alicyclic amines) is 1. The molecule has 0 aromatic carbocycles. The van der Waals surface area contributed by atoms with E-state index < -0.39 is 0 Å². The standard InChI is InChI=1S/C16H28N4O/c1-4-8-19-11-18-9-14(19)16-13(17)6-5-7-15(21)20(16)10-12(2)3/h9,11-13,16H,4-8,10,17H2,1-3H3. The maximum atomic E-state index is 12.5. The highest BCUT2D eigenvalue weighted by Gasteiger charge is 2.34. The molecule has 0 spiro atoms. The molecule has 0 saturated carbocycles.